The fourth-order valence-corrected chi connectivity index (χ4v) is 3.45. The predicted molar refractivity (Wildman–Crippen MR) is 102 cm³/mol. The molecule has 1 aromatic carbocycles. The summed E-state index contributed by atoms with van der Waals surface area (Å²) in [5.41, 5.74) is 9.94. The molecule has 1 aliphatic rings. The Balaban J connectivity index is 1.69. The Morgan fingerprint density at radius 1 is 1.16 bits per heavy atom. The van der Waals surface area contributed by atoms with Crippen LogP contribution in [0.3, 0.4) is 0 Å². The summed E-state index contributed by atoms with van der Waals surface area (Å²) in [5.74, 6) is 0. The number of H-pyrrole nitrogens is 2. The summed E-state index contributed by atoms with van der Waals surface area (Å²) in [7, 11) is 2.17. The van der Waals surface area contributed by atoms with Crippen LogP contribution >= 0.6 is 0 Å². The fourth-order valence-electron chi connectivity index (χ4n) is 3.45. The number of aromatic amines is 2. The van der Waals surface area contributed by atoms with Crippen LogP contribution in [-0.2, 0) is 6.54 Å². The molecule has 25 heavy (non-hydrogen) atoms. The number of rotatable bonds is 3. The number of nitrogens with two attached hydrogens (primary N) is 1. The average Bonchev–Trinajstić information content (AvgIpc) is 3.04. The molecule has 0 radical (unpaired) electrons. The SMILES string of the molecule is CN1CCN(Cc2cccc3[nH]c(-c4cc(N)c[nH]c4=O)cc23)CC1. The number of hydrogen-bond donors (Lipinski definition) is 3. The van der Waals surface area contributed by atoms with E-state index in [0.717, 1.165) is 43.9 Å². The first kappa shape index (κ1) is 15.9. The zero-order valence-corrected chi connectivity index (χ0v) is 14.4. The normalized spacial score (nSPS) is 16.5. The number of benzene rings is 1. The molecule has 130 valence electrons. The number of fused-ring (bicyclic) bond motifs is 1. The molecule has 2 aromatic heterocycles. The molecular formula is C19H23N5O. The minimum atomic E-state index is -0.138. The highest BCUT2D eigenvalue weighted by molar-refractivity contribution is 5.88. The van der Waals surface area contributed by atoms with Gasteiger partial charge >= 0.3 is 0 Å². The first-order valence-corrected chi connectivity index (χ1v) is 8.60. The van der Waals surface area contributed by atoms with Crippen LogP contribution in [0.15, 0.2) is 41.3 Å². The summed E-state index contributed by atoms with van der Waals surface area (Å²) >= 11 is 0. The molecule has 0 amide bonds. The maximum Gasteiger partial charge on any atom is 0.257 e. The molecule has 1 fully saturated rings. The van der Waals surface area contributed by atoms with Crippen molar-refractivity contribution in [1.29, 1.82) is 0 Å². The van der Waals surface area contributed by atoms with Gasteiger partial charge in [0, 0.05) is 55.5 Å². The molecule has 0 spiro atoms. The standard InChI is InChI=1S/C19H23N5O/c1-23-5-7-24(8-6-23)12-13-3-2-4-17-15(13)10-18(22-17)16-9-14(20)11-21-19(16)25/h2-4,9-11,22H,5-8,12,20H2,1H3,(H,21,25). The first-order chi connectivity index (χ1) is 12.1. The van der Waals surface area contributed by atoms with Crippen LogP contribution in [0.1, 0.15) is 5.56 Å². The number of hydrogen-bond acceptors (Lipinski definition) is 4. The Bertz CT molecular complexity index is 950. The van der Waals surface area contributed by atoms with Gasteiger partial charge in [-0.2, -0.15) is 0 Å². The van der Waals surface area contributed by atoms with Crippen LogP contribution in [0.5, 0.6) is 0 Å². The molecule has 0 unspecified atom stereocenters. The number of nitrogen functional groups attached to an aromatic ring is 1. The molecule has 3 aromatic rings. The van der Waals surface area contributed by atoms with E-state index in [1.54, 1.807) is 6.07 Å². The van der Waals surface area contributed by atoms with Crippen molar-refractivity contribution in [1.82, 2.24) is 19.8 Å². The van der Waals surface area contributed by atoms with Crippen molar-refractivity contribution >= 4 is 16.6 Å². The lowest BCUT2D eigenvalue weighted by Gasteiger charge is -2.32. The summed E-state index contributed by atoms with van der Waals surface area (Å²) in [6.45, 7) is 5.30. The predicted octanol–water partition coefficient (Wildman–Crippen LogP) is 1.85. The molecule has 0 saturated carbocycles. The van der Waals surface area contributed by atoms with Crippen LogP contribution in [0.4, 0.5) is 5.69 Å². The van der Waals surface area contributed by atoms with E-state index in [2.05, 4.69) is 45.0 Å². The van der Waals surface area contributed by atoms with E-state index in [1.165, 1.54) is 17.1 Å². The van der Waals surface area contributed by atoms with Crippen molar-refractivity contribution in [3.63, 3.8) is 0 Å². The zero-order valence-electron chi connectivity index (χ0n) is 14.4. The maximum atomic E-state index is 12.1. The van der Waals surface area contributed by atoms with Gasteiger partial charge in [-0.15, -0.1) is 0 Å². The summed E-state index contributed by atoms with van der Waals surface area (Å²) in [6, 6.07) is 10.1. The van der Waals surface area contributed by atoms with Crippen LogP contribution in [0, 0.1) is 0 Å². The van der Waals surface area contributed by atoms with E-state index in [0.29, 0.717) is 11.3 Å². The topological polar surface area (TPSA) is 81.2 Å². The van der Waals surface area contributed by atoms with Gasteiger partial charge in [-0.05, 0) is 30.8 Å². The fraction of sp³-hybridized carbons (Fsp3) is 0.316. The van der Waals surface area contributed by atoms with Gasteiger partial charge in [-0.3, -0.25) is 9.69 Å². The molecule has 4 N–H and O–H groups in total. The second kappa shape index (κ2) is 6.38. The molecule has 6 nitrogen and oxygen atoms in total. The van der Waals surface area contributed by atoms with Crippen molar-refractivity contribution in [3.05, 3.63) is 52.4 Å². The van der Waals surface area contributed by atoms with Gasteiger partial charge in [0.05, 0.1) is 11.3 Å². The third-order valence-corrected chi connectivity index (χ3v) is 4.96. The molecule has 0 bridgehead atoms. The lowest BCUT2D eigenvalue weighted by molar-refractivity contribution is 0.148. The molecule has 1 aliphatic heterocycles. The first-order valence-electron chi connectivity index (χ1n) is 8.60. The maximum absolute atomic E-state index is 12.1. The number of piperazine rings is 1. The zero-order chi connectivity index (χ0) is 17.4. The molecule has 3 heterocycles. The van der Waals surface area contributed by atoms with Crippen molar-refractivity contribution in [2.45, 2.75) is 6.54 Å². The highest BCUT2D eigenvalue weighted by Crippen LogP contribution is 2.26. The summed E-state index contributed by atoms with van der Waals surface area (Å²) in [5, 5.41) is 1.17. The highest BCUT2D eigenvalue weighted by Gasteiger charge is 2.16. The summed E-state index contributed by atoms with van der Waals surface area (Å²) in [6.07, 6.45) is 1.52. The van der Waals surface area contributed by atoms with Crippen LogP contribution in [0.2, 0.25) is 0 Å². The molecule has 4 rings (SSSR count). The Morgan fingerprint density at radius 3 is 2.76 bits per heavy atom. The van der Waals surface area contributed by atoms with Gasteiger partial charge < -0.3 is 20.6 Å². The van der Waals surface area contributed by atoms with Gasteiger partial charge in [0.25, 0.3) is 5.56 Å². The minimum absolute atomic E-state index is 0.138. The second-order valence-electron chi connectivity index (χ2n) is 6.82. The Labute approximate surface area is 146 Å². The van der Waals surface area contributed by atoms with Gasteiger partial charge in [-0.1, -0.05) is 12.1 Å². The quantitative estimate of drug-likeness (QED) is 0.681. The number of anilines is 1. The van der Waals surface area contributed by atoms with E-state index in [-0.39, 0.29) is 5.56 Å². The van der Waals surface area contributed by atoms with E-state index in [9.17, 15) is 4.79 Å². The van der Waals surface area contributed by atoms with Gasteiger partial charge in [0.2, 0.25) is 0 Å². The molecule has 0 aliphatic carbocycles. The van der Waals surface area contributed by atoms with Crippen LogP contribution in [0.25, 0.3) is 22.2 Å². The summed E-state index contributed by atoms with van der Waals surface area (Å²) in [4.78, 5) is 23.0. The van der Waals surface area contributed by atoms with Crippen molar-refractivity contribution in [2.75, 3.05) is 39.0 Å². The lowest BCUT2D eigenvalue weighted by Crippen LogP contribution is -2.43. The Hall–Kier alpha value is -2.57. The van der Waals surface area contributed by atoms with Crippen LogP contribution < -0.4 is 11.3 Å². The van der Waals surface area contributed by atoms with Gasteiger partial charge in [0.1, 0.15) is 0 Å². The molecule has 6 heteroatoms. The van der Waals surface area contributed by atoms with Crippen molar-refractivity contribution in [2.24, 2.45) is 0 Å². The molecule has 0 atom stereocenters. The van der Waals surface area contributed by atoms with E-state index < -0.39 is 0 Å². The van der Waals surface area contributed by atoms with E-state index in [4.69, 9.17) is 5.73 Å². The number of aromatic nitrogens is 2. The monoisotopic (exact) mass is 337 g/mol. The van der Waals surface area contributed by atoms with Gasteiger partial charge in [-0.25, -0.2) is 0 Å². The van der Waals surface area contributed by atoms with Crippen molar-refractivity contribution in [3.8, 4) is 11.3 Å². The number of likely N-dealkylation sites (N-methyl/N-ethyl adjacent to an activating group) is 1. The van der Waals surface area contributed by atoms with Gasteiger partial charge in [0.15, 0.2) is 0 Å². The highest BCUT2D eigenvalue weighted by atomic mass is 16.1. The third kappa shape index (κ3) is 3.18. The Kier molecular flexibility index (Phi) is 4.07. The summed E-state index contributed by atoms with van der Waals surface area (Å²) < 4.78 is 0. The number of nitrogens with zero attached hydrogens (tertiary/aromatic N) is 2. The number of nitrogens with one attached hydrogen (secondary N) is 2. The number of pyridine rings is 1. The minimum Gasteiger partial charge on any atom is -0.398 e. The Morgan fingerprint density at radius 2 is 1.96 bits per heavy atom. The smallest absolute Gasteiger partial charge is 0.257 e. The third-order valence-electron chi connectivity index (χ3n) is 4.96. The average molecular weight is 337 g/mol. The lowest BCUT2D eigenvalue weighted by atomic mass is 10.1. The second-order valence-corrected chi connectivity index (χ2v) is 6.82. The molecular weight excluding hydrogens is 314 g/mol. The largest absolute Gasteiger partial charge is 0.398 e. The molecule has 1 saturated heterocycles. The van der Waals surface area contributed by atoms with E-state index in [1.807, 2.05) is 6.07 Å². The van der Waals surface area contributed by atoms with Crippen LogP contribution in [-0.4, -0.2) is 53.0 Å². The van der Waals surface area contributed by atoms with Crippen molar-refractivity contribution < 1.29 is 0 Å². The van der Waals surface area contributed by atoms with E-state index >= 15 is 0 Å².